The van der Waals surface area contributed by atoms with Crippen molar-refractivity contribution in [1.29, 1.82) is 0 Å². The summed E-state index contributed by atoms with van der Waals surface area (Å²) in [5.41, 5.74) is 0. The van der Waals surface area contributed by atoms with Crippen LogP contribution >= 0.6 is 0 Å². The van der Waals surface area contributed by atoms with Gasteiger partial charge in [-0.25, -0.2) is 0 Å². The van der Waals surface area contributed by atoms with Crippen LogP contribution in [-0.2, 0) is 17.9 Å². The maximum atomic E-state index is 10.1. The summed E-state index contributed by atoms with van der Waals surface area (Å²) >= 11 is 0. The van der Waals surface area contributed by atoms with Crippen LogP contribution in [0, 0.1) is 0 Å². The molecule has 5 heteroatoms. The summed E-state index contributed by atoms with van der Waals surface area (Å²) in [4.78, 5) is 10.1. The zero-order valence-corrected chi connectivity index (χ0v) is 6.99. The Labute approximate surface area is 75.0 Å². The molecule has 0 atom stereocenters. The Kier molecular flexibility index (Phi) is 3.48. The van der Waals surface area contributed by atoms with Crippen LogP contribution in [-0.4, -0.2) is 22.7 Å². The lowest BCUT2D eigenvalue weighted by molar-refractivity contribution is -0.136. The van der Waals surface area contributed by atoms with Gasteiger partial charge in [0.1, 0.15) is 18.1 Å². The van der Waals surface area contributed by atoms with Crippen LogP contribution < -0.4 is 5.32 Å². The highest BCUT2D eigenvalue weighted by molar-refractivity contribution is 5.68. The molecule has 1 aromatic rings. The summed E-state index contributed by atoms with van der Waals surface area (Å²) in [5, 5.41) is 19.6. The maximum absolute atomic E-state index is 10.1. The van der Waals surface area contributed by atoms with Gasteiger partial charge < -0.3 is 14.6 Å². The van der Waals surface area contributed by atoms with Gasteiger partial charge in [-0.15, -0.1) is 0 Å². The maximum Gasteiger partial charge on any atom is 0.317 e. The van der Waals surface area contributed by atoms with Crippen LogP contribution in [0.4, 0.5) is 0 Å². The van der Waals surface area contributed by atoms with E-state index < -0.39 is 5.97 Å². The van der Waals surface area contributed by atoms with E-state index in [0.717, 1.165) is 0 Å². The molecule has 1 rings (SSSR count). The monoisotopic (exact) mass is 185 g/mol. The Morgan fingerprint density at radius 3 is 2.69 bits per heavy atom. The molecule has 0 saturated carbocycles. The number of nitrogens with one attached hydrogen (secondary N) is 1. The van der Waals surface area contributed by atoms with Gasteiger partial charge in [0.2, 0.25) is 0 Å². The smallest absolute Gasteiger partial charge is 0.317 e. The molecule has 1 aromatic heterocycles. The minimum absolute atomic E-state index is 0.102. The fourth-order valence-electron chi connectivity index (χ4n) is 0.895. The lowest BCUT2D eigenvalue weighted by Gasteiger charge is -1.97. The number of aliphatic hydroxyl groups is 1. The van der Waals surface area contributed by atoms with E-state index in [2.05, 4.69) is 5.32 Å². The summed E-state index contributed by atoms with van der Waals surface area (Å²) in [6.45, 7) is 0.111. The molecule has 0 unspecified atom stereocenters. The molecule has 0 aliphatic rings. The molecule has 0 aromatic carbocycles. The molecule has 1 heterocycles. The molecule has 0 fully saturated rings. The average molecular weight is 185 g/mol. The molecule has 0 aliphatic heterocycles. The van der Waals surface area contributed by atoms with E-state index in [1.807, 2.05) is 0 Å². The summed E-state index contributed by atoms with van der Waals surface area (Å²) < 4.78 is 5.11. The second-order valence-electron chi connectivity index (χ2n) is 2.52. The number of hydrogen-bond acceptors (Lipinski definition) is 4. The van der Waals surface area contributed by atoms with E-state index in [4.69, 9.17) is 14.6 Å². The van der Waals surface area contributed by atoms with Gasteiger partial charge in [0.15, 0.2) is 0 Å². The molecule has 3 N–H and O–H groups in total. The number of hydrogen-bond donors (Lipinski definition) is 3. The fraction of sp³-hybridized carbons (Fsp3) is 0.375. The molecule has 72 valence electrons. The Morgan fingerprint density at radius 1 is 1.46 bits per heavy atom. The van der Waals surface area contributed by atoms with Gasteiger partial charge in [-0.05, 0) is 12.1 Å². The van der Waals surface area contributed by atoms with Gasteiger partial charge in [0.25, 0.3) is 0 Å². The minimum Gasteiger partial charge on any atom is -0.480 e. The van der Waals surface area contributed by atoms with Crippen molar-refractivity contribution in [3.8, 4) is 0 Å². The second-order valence-corrected chi connectivity index (χ2v) is 2.52. The average Bonchev–Trinajstić information content (AvgIpc) is 2.52. The summed E-state index contributed by atoms with van der Waals surface area (Å²) in [6.07, 6.45) is 0. The van der Waals surface area contributed by atoms with Crippen molar-refractivity contribution in [3.05, 3.63) is 23.7 Å². The van der Waals surface area contributed by atoms with Crippen molar-refractivity contribution < 1.29 is 19.4 Å². The van der Waals surface area contributed by atoms with E-state index >= 15 is 0 Å². The van der Waals surface area contributed by atoms with Crippen LogP contribution in [0.2, 0.25) is 0 Å². The third kappa shape index (κ3) is 3.27. The highest BCUT2D eigenvalue weighted by atomic mass is 16.4. The molecule has 0 bridgehead atoms. The first-order valence-corrected chi connectivity index (χ1v) is 3.83. The predicted molar refractivity (Wildman–Crippen MR) is 44.0 cm³/mol. The molecule has 0 amide bonds. The van der Waals surface area contributed by atoms with Crippen LogP contribution in [0.5, 0.6) is 0 Å². The van der Waals surface area contributed by atoms with Crippen molar-refractivity contribution in [1.82, 2.24) is 5.32 Å². The first-order valence-electron chi connectivity index (χ1n) is 3.83. The van der Waals surface area contributed by atoms with Crippen molar-refractivity contribution in [2.75, 3.05) is 6.54 Å². The number of carbonyl (C=O) groups is 1. The van der Waals surface area contributed by atoms with Crippen LogP contribution in [0.15, 0.2) is 16.5 Å². The number of carboxylic acids is 1. The number of aliphatic hydroxyl groups excluding tert-OH is 1. The van der Waals surface area contributed by atoms with E-state index in [0.29, 0.717) is 18.1 Å². The first-order chi connectivity index (χ1) is 6.22. The number of aliphatic carboxylic acids is 1. The molecule has 13 heavy (non-hydrogen) atoms. The van der Waals surface area contributed by atoms with E-state index in [9.17, 15) is 4.79 Å². The largest absolute Gasteiger partial charge is 0.480 e. The first kappa shape index (κ1) is 9.76. The summed E-state index contributed by atoms with van der Waals surface area (Å²) in [7, 11) is 0. The molecule has 5 nitrogen and oxygen atoms in total. The van der Waals surface area contributed by atoms with Gasteiger partial charge in [-0.3, -0.25) is 10.1 Å². The van der Waals surface area contributed by atoms with Gasteiger partial charge >= 0.3 is 5.97 Å². The standard InChI is InChI=1S/C8H11NO4/c10-5-7-2-1-6(13-7)3-9-4-8(11)12/h1-2,9-10H,3-5H2,(H,11,12). The molecular weight excluding hydrogens is 174 g/mol. The highest BCUT2D eigenvalue weighted by Gasteiger charge is 2.01. The van der Waals surface area contributed by atoms with E-state index in [1.54, 1.807) is 12.1 Å². The van der Waals surface area contributed by atoms with Crippen molar-refractivity contribution in [2.24, 2.45) is 0 Å². The third-order valence-electron chi connectivity index (χ3n) is 1.45. The fourth-order valence-corrected chi connectivity index (χ4v) is 0.895. The topological polar surface area (TPSA) is 82.7 Å². The lowest BCUT2D eigenvalue weighted by Crippen LogP contribution is -2.21. The number of rotatable bonds is 5. The van der Waals surface area contributed by atoms with Crippen LogP contribution in [0.1, 0.15) is 11.5 Å². The van der Waals surface area contributed by atoms with Crippen LogP contribution in [0.3, 0.4) is 0 Å². The third-order valence-corrected chi connectivity index (χ3v) is 1.45. The van der Waals surface area contributed by atoms with E-state index in [-0.39, 0.29) is 13.2 Å². The zero-order chi connectivity index (χ0) is 9.68. The van der Waals surface area contributed by atoms with Gasteiger partial charge in [0, 0.05) is 0 Å². The molecule has 0 saturated heterocycles. The molecular formula is C8H11NO4. The number of furan rings is 1. The Hall–Kier alpha value is -1.33. The normalized spacial score (nSPS) is 10.2. The van der Waals surface area contributed by atoms with Crippen molar-refractivity contribution >= 4 is 5.97 Å². The van der Waals surface area contributed by atoms with Gasteiger partial charge in [-0.1, -0.05) is 0 Å². The molecule has 0 radical (unpaired) electrons. The summed E-state index contributed by atoms with van der Waals surface area (Å²) in [6, 6.07) is 3.35. The van der Waals surface area contributed by atoms with Gasteiger partial charge in [0.05, 0.1) is 13.1 Å². The van der Waals surface area contributed by atoms with Crippen molar-refractivity contribution in [2.45, 2.75) is 13.2 Å². The molecule has 0 spiro atoms. The SMILES string of the molecule is O=C(O)CNCc1ccc(CO)o1. The van der Waals surface area contributed by atoms with Crippen molar-refractivity contribution in [3.63, 3.8) is 0 Å². The zero-order valence-electron chi connectivity index (χ0n) is 6.99. The summed E-state index contributed by atoms with van der Waals surface area (Å²) in [5.74, 6) is 0.186. The Balaban J connectivity index is 2.32. The predicted octanol–water partition coefficient (Wildman–Crippen LogP) is -0.0539. The quantitative estimate of drug-likeness (QED) is 0.599. The van der Waals surface area contributed by atoms with Crippen LogP contribution in [0.25, 0.3) is 0 Å². The number of carboxylic acid groups (broad SMARTS) is 1. The molecule has 0 aliphatic carbocycles. The Morgan fingerprint density at radius 2 is 2.15 bits per heavy atom. The van der Waals surface area contributed by atoms with Gasteiger partial charge in [-0.2, -0.15) is 0 Å². The lowest BCUT2D eigenvalue weighted by atomic mass is 10.4. The highest BCUT2D eigenvalue weighted by Crippen LogP contribution is 2.06. The van der Waals surface area contributed by atoms with E-state index in [1.165, 1.54) is 0 Å². The Bertz CT molecular complexity index is 281. The minimum atomic E-state index is -0.908. The second kappa shape index (κ2) is 4.64.